The molecular formula is C5H4ClN5O. The van der Waals surface area contributed by atoms with E-state index in [1.807, 2.05) is 0 Å². The van der Waals surface area contributed by atoms with E-state index in [1.54, 1.807) is 0 Å². The number of aliphatic imine (C=N–C) groups is 3. The first-order valence-corrected chi connectivity index (χ1v) is 3.52. The normalized spacial score (nSPS) is 27.0. The maximum Gasteiger partial charge on any atom is 0.276 e. The second-order valence-corrected chi connectivity index (χ2v) is 2.55. The van der Waals surface area contributed by atoms with Gasteiger partial charge in [0, 0.05) is 0 Å². The van der Waals surface area contributed by atoms with Crippen LogP contribution in [0, 0.1) is 0 Å². The summed E-state index contributed by atoms with van der Waals surface area (Å²) in [6, 6.07) is 0. The van der Waals surface area contributed by atoms with Gasteiger partial charge in [-0.2, -0.15) is 4.99 Å². The van der Waals surface area contributed by atoms with Crippen LogP contribution < -0.4 is 11.1 Å². The number of nitrogens with one attached hydrogen (secondary N) is 1. The number of nitrogens with two attached hydrogens (primary N) is 1. The van der Waals surface area contributed by atoms with Gasteiger partial charge >= 0.3 is 0 Å². The van der Waals surface area contributed by atoms with Crippen molar-refractivity contribution in [1.82, 2.24) is 5.32 Å². The van der Waals surface area contributed by atoms with Crippen LogP contribution in [0.1, 0.15) is 0 Å². The molecular weight excluding hydrogens is 182 g/mol. The Labute approximate surface area is 72.2 Å². The number of rotatable bonds is 0. The topological polar surface area (TPSA) is 92.2 Å². The Kier molecular flexibility index (Phi) is 1.45. The lowest BCUT2D eigenvalue weighted by atomic mass is 10.3. The lowest BCUT2D eigenvalue weighted by Gasteiger charge is -2.14. The SMILES string of the molecule is N[C@@H]1N=C2N=C(Cl)N=C2C(=O)N1. The number of nitrogens with zero attached hydrogens (tertiary/aromatic N) is 3. The maximum absolute atomic E-state index is 11.1. The lowest BCUT2D eigenvalue weighted by Crippen LogP contribution is -2.49. The van der Waals surface area contributed by atoms with Crippen molar-refractivity contribution in [1.29, 1.82) is 0 Å². The number of fused-ring (bicyclic) bond motifs is 1. The molecule has 2 rings (SSSR count). The highest BCUT2D eigenvalue weighted by atomic mass is 35.5. The summed E-state index contributed by atoms with van der Waals surface area (Å²) in [5.41, 5.74) is 5.47. The molecule has 0 unspecified atom stereocenters. The van der Waals surface area contributed by atoms with Crippen molar-refractivity contribution in [3.8, 4) is 0 Å². The van der Waals surface area contributed by atoms with E-state index >= 15 is 0 Å². The van der Waals surface area contributed by atoms with Crippen molar-refractivity contribution in [3.05, 3.63) is 0 Å². The molecule has 6 nitrogen and oxygen atoms in total. The molecule has 0 aromatic carbocycles. The molecule has 7 heteroatoms. The Morgan fingerprint density at radius 1 is 1.50 bits per heavy atom. The molecule has 3 N–H and O–H groups in total. The second kappa shape index (κ2) is 2.36. The Morgan fingerprint density at radius 3 is 3.00 bits per heavy atom. The van der Waals surface area contributed by atoms with Gasteiger partial charge in [-0.05, 0) is 11.6 Å². The van der Waals surface area contributed by atoms with Crippen LogP contribution >= 0.6 is 11.6 Å². The summed E-state index contributed by atoms with van der Waals surface area (Å²) in [5.74, 6) is -0.192. The number of carbonyl (C=O) groups excluding carboxylic acids is 1. The van der Waals surface area contributed by atoms with Gasteiger partial charge in [-0.25, -0.2) is 9.98 Å². The van der Waals surface area contributed by atoms with Gasteiger partial charge in [-0.15, -0.1) is 0 Å². The zero-order chi connectivity index (χ0) is 8.72. The van der Waals surface area contributed by atoms with Gasteiger partial charge in [0.25, 0.3) is 5.91 Å². The highest BCUT2D eigenvalue weighted by molar-refractivity contribution is 6.78. The molecule has 2 heterocycles. The minimum atomic E-state index is -0.752. The van der Waals surface area contributed by atoms with E-state index in [0.29, 0.717) is 0 Å². The molecule has 0 radical (unpaired) electrons. The van der Waals surface area contributed by atoms with Crippen LogP contribution in [0.4, 0.5) is 0 Å². The lowest BCUT2D eigenvalue weighted by molar-refractivity contribution is -0.115. The van der Waals surface area contributed by atoms with Crippen molar-refractivity contribution >= 4 is 34.4 Å². The van der Waals surface area contributed by atoms with Crippen LogP contribution in [0.15, 0.2) is 15.0 Å². The van der Waals surface area contributed by atoms with Gasteiger partial charge in [0.05, 0.1) is 0 Å². The zero-order valence-corrected chi connectivity index (χ0v) is 6.54. The molecule has 0 saturated carbocycles. The van der Waals surface area contributed by atoms with E-state index in [0.717, 1.165) is 0 Å². The van der Waals surface area contributed by atoms with Crippen molar-refractivity contribution in [2.24, 2.45) is 20.7 Å². The van der Waals surface area contributed by atoms with Gasteiger partial charge in [0.15, 0.2) is 17.8 Å². The summed E-state index contributed by atoms with van der Waals surface area (Å²) >= 11 is 5.46. The number of amidine groups is 2. The van der Waals surface area contributed by atoms with Crippen LogP contribution in [0.25, 0.3) is 0 Å². The number of hydrogen-bond acceptors (Lipinski definition) is 5. The Morgan fingerprint density at radius 2 is 2.25 bits per heavy atom. The Bertz CT molecular complexity index is 344. The molecule has 0 aromatic heterocycles. The largest absolute Gasteiger partial charge is 0.316 e. The fourth-order valence-corrected chi connectivity index (χ4v) is 1.08. The summed E-state index contributed by atoms with van der Waals surface area (Å²) in [7, 11) is 0. The molecule has 1 atom stereocenters. The van der Waals surface area contributed by atoms with E-state index in [4.69, 9.17) is 17.3 Å². The number of hydrogen-bond donors (Lipinski definition) is 2. The van der Waals surface area contributed by atoms with E-state index in [-0.39, 0.29) is 16.8 Å². The van der Waals surface area contributed by atoms with Crippen molar-refractivity contribution in [2.75, 3.05) is 0 Å². The molecule has 2 aliphatic heterocycles. The van der Waals surface area contributed by atoms with E-state index in [1.165, 1.54) is 0 Å². The molecule has 0 spiro atoms. The van der Waals surface area contributed by atoms with Crippen LogP contribution in [-0.2, 0) is 4.79 Å². The van der Waals surface area contributed by atoms with Crippen molar-refractivity contribution in [2.45, 2.75) is 6.29 Å². The smallest absolute Gasteiger partial charge is 0.276 e. The molecule has 12 heavy (non-hydrogen) atoms. The number of amides is 1. The molecule has 0 saturated heterocycles. The first-order chi connectivity index (χ1) is 5.66. The highest BCUT2D eigenvalue weighted by Crippen LogP contribution is 2.07. The average Bonchev–Trinajstić information content (AvgIpc) is 2.29. The quantitative estimate of drug-likeness (QED) is 0.465. The fourth-order valence-electron chi connectivity index (χ4n) is 0.917. The first-order valence-electron chi connectivity index (χ1n) is 3.14. The third-order valence-electron chi connectivity index (χ3n) is 1.37. The molecule has 1 amide bonds. The molecule has 0 aromatic rings. The first kappa shape index (κ1) is 7.38. The van der Waals surface area contributed by atoms with Gasteiger partial charge in [0.1, 0.15) is 0 Å². The Hall–Kier alpha value is -1.27. The Balaban J connectivity index is 2.46. The van der Waals surface area contributed by atoms with Gasteiger partial charge in [0.2, 0.25) is 5.29 Å². The van der Waals surface area contributed by atoms with Crippen LogP contribution in [0.3, 0.4) is 0 Å². The molecule has 0 fully saturated rings. The van der Waals surface area contributed by atoms with E-state index < -0.39 is 12.2 Å². The fraction of sp³-hybridized carbons (Fsp3) is 0.200. The average molecular weight is 186 g/mol. The zero-order valence-electron chi connectivity index (χ0n) is 5.78. The minimum Gasteiger partial charge on any atom is -0.316 e. The maximum atomic E-state index is 11.1. The van der Waals surface area contributed by atoms with Crippen molar-refractivity contribution < 1.29 is 4.79 Å². The third-order valence-corrected chi connectivity index (χ3v) is 1.54. The van der Waals surface area contributed by atoms with Gasteiger partial charge in [-0.3, -0.25) is 10.5 Å². The van der Waals surface area contributed by atoms with Gasteiger partial charge < -0.3 is 5.32 Å². The number of carbonyl (C=O) groups is 1. The number of halogens is 1. The molecule has 2 aliphatic rings. The summed E-state index contributed by atoms with van der Waals surface area (Å²) in [4.78, 5) is 22.3. The summed E-state index contributed by atoms with van der Waals surface area (Å²) < 4.78 is 0. The van der Waals surface area contributed by atoms with Crippen molar-refractivity contribution in [3.63, 3.8) is 0 Å². The molecule has 62 valence electrons. The monoisotopic (exact) mass is 185 g/mol. The third kappa shape index (κ3) is 1.01. The predicted molar refractivity (Wildman–Crippen MR) is 44.3 cm³/mol. The predicted octanol–water partition coefficient (Wildman–Crippen LogP) is -1.19. The van der Waals surface area contributed by atoms with Crippen LogP contribution in [0.2, 0.25) is 0 Å². The summed E-state index contributed by atoms with van der Waals surface area (Å²) in [6.45, 7) is 0. The molecule has 0 bridgehead atoms. The van der Waals surface area contributed by atoms with E-state index in [9.17, 15) is 4.79 Å². The minimum absolute atomic E-state index is 0.00741. The second-order valence-electron chi connectivity index (χ2n) is 2.21. The standard InChI is InChI=1S/C5H4ClN5O/c6-4-8-1-2(9-4)10-5(7)11-3(1)12/h5H,7H2,(H,11,12)/t5-/m1/s1. The van der Waals surface area contributed by atoms with Gasteiger partial charge in [-0.1, -0.05) is 0 Å². The van der Waals surface area contributed by atoms with E-state index in [2.05, 4.69) is 20.3 Å². The van der Waals surface area contributed by atoms with Crippen LogP contribution in [-0.4, -0.2) is 29.0 Å². The van der Waals surface area contributed by atoms with Crippen LogP contribution in [0.5, 0.6) is 0 Å². The molecule has 0 aliphatic carbocycles. The summed E-state index contributed by atoms with van der Waals surface area (Å²) in [5, 5.41) is 2.37. The summed E-state index contributed by atoms with van der Waals surface area (Å²) in [6.07, 6.45) is -0.752. The highest BCUT2D eigenvalue weighted by Gasteiger charge is 2.29.